The first-order chi connectivity index (χ1) is 11.6. The van der Waals surface area contributed by atoms with Crippen LogP contribution in [0.15, 0.2) is 46.3 Å². The molecule has 0 fully saturated rings. The third-order valence-corrected chi connectivity index (χ3v) is 4.86. The van der Waals surface area contributed by atoms with Crippen LogP contribution in [-0.4, -0.2) is 20.6 Å². The molecule has 1 heterocycles. The molecular weight excluding hydrogens is 352 g/mol. The highest BCUT2D eigenvalue weighted by Gasteiger charge is 2.33. The predicted octanol–water partition coefficient (Wildman–Crippen LogP) is 0.527. The van der Waals surface area contributed by atoms with E-state index in [1.54, 1.807) is 0 Å². The highest BCUT2D eigenvalue weighted by Crippen LogP contribution is 2.31. The first-order valence-corrected chi connectivity index (χ1v) is 8.97. The third-order valence-electron chi connectivity index (χ3n) is 3.73. The summed E-state index contributed by atoms with van der Waals surface area (Å²) in [5.74, 6) is -3.34. The molecule has 25 heavy (non-hydrogen) atoms. The van der Waals surface area contributed by atoms with E-state index in [9.17, 15) is 17.2 Å². The van der Waals surface area contributed by atoms with Crippen LogP contribution in [0, 0.1) is 11.6 Å². The fourth-order valence-corrected chi connectivity index (χ4v) is 3.11. The molecule has 3 rings (SSSR count). The molecule has 0 saturated heterocycles. The maximum atomic E-state index is 14.5. The van der Waals surface area contributed by atoms with Crippen LogP contribution < -0.4 is 22.3 Å². The number of rotatable bonds is 3. The minimum atomic E-state index is -3.40. The standard InChI is InChI=1S/C15H15F2N5O2S/c1-25(23,24)10-4-2-8(3-5-10)13-11(16)6-9(7-12(13)17)15(19)20-14(18)21-22-15/h2-7,22H,19H2,1H3,(H3,18,20,21). The SMILES string of the molecule is CS(=O)(=O)c1ccc(-c2c(F)cc(C3(N)N=C(N)NN3)cc2F)cc1. The minimum absolute atomic E-state index is 0.0104. The van der Waals surface area contributed by atoms with E-state index < -0.39 is 27.3 Å². The summed E-state index contributed by atoms with van der Waals surface area (Å²) < 4.78 is 52.0. The number of sulfone groups is 1. The third kappa shape index (κ3) is 3.18. The smallest absolute Gasteiger partial charge is 0.209 e. The van der Waals surface area contributed by atoms with Crippen LogP contribution in [0.25, 0.3) is 11.1 Å². The van der Waals surface area contributed by atoms with E-state index in [2.05, 4.69) is 15.8 Å². The number of benzene rings is 2. The van der Waals surface area contributed by atoms with Gasteiger partial charge < -0.3 is 5.73 Å². The Morgan fingerprint density at radius 1 is 1.12 bits per heavy atom. The monoisotopic (exact) mass is 367 g/mol. The average molecular weight is 367 g/mol. The second-order valence-electron chi connectivity index (χ2n) is 5.62. The van der Waals surface area contributed by atoms with Crippen molar-refractivity contribution in [2.24, 2.45) is 16.5 Å². The van der Waals surface area contributed by atoms with Gasteiger partial charge in [-0.2, -0.15) is 5.43 Å². The summed E-state index contributed by atoms with van der Waals surface area (Å²) in [5, 5.41) is 0. The Morgan fingerprint density at radius 2 is 1.68 bits per heavy atom. The summed E-state index contributed by atoms with van der Waals surface area (Å²) in [6, 6.07) is 7.33. The molecule has 7 nitrogen and oxygen atoms in total. The fourth-order valence-electron chi connectivity index (χ4n) is 2.48. The van der Waals surface area contributed by atoms with E-state index in [-0.39, 0.29) is 27.5 Å². The Morgan fingerprint density at radius 3 is 2.12 bits per heavy atom. The molecule has 2 aromatic carbocycles. The molecule has 0 aliphatic carbocycles. The van der Waals surface area contributed by atoms with Crippen LogP contribution in [0.5, 0.6) is 0 Å². The van der Waals surface area contributed by atoms with Gasteiger partial charge in [-0.05, 0) is 29.8 Å². The zero-order valence-electron chi connectivity index (χ0n) is 13.0. The second kappa shape index (κ2) is 5.76. The Kier molecular flexibility index (Phi) is 3.98. The summed E-state index contributed by atoms with van der Waals surface area (Å²) in [6.45, 7) is 0. The summed E-state index contributed by atoms with van der Waals surface area (Å²) in [6.07, 6.45) is 1.05. The van der Waals surface area contributed by atoms with Gasteiger partial charge >= 0.3 is 0 Å². The van der Waals surface area contributed by atoms with E-state index in [0.29, 0.717) is 0 Å². The van der Waals surface area contributed by atoms with Crippen molar-refractivity contribution in [3.05, 3.63) is 53.6 Å². The number of guanidine groups is 1. The highest BCUT2D eigenvalue weighted by molar-refractivity contribution is 7.90. The number of nitrogens with two attached hydrogens (primary N) is 2. The lowest BCUT2D eigenvalue weighted by atomic mass is 10.00. The van der Waals surface area contributed by atoms with Crippen molar-refractivity contribution in [1.29, 1.82) is 0 Å². The van der Waals surface area contributed by atoms with Gasteiger partial charge in [-0.15, -0.1) is 0 Å². The van der Waals surface area contributed by atoms with Gasteiger partial charge in [0, 0.05) is 11.8 Å². The fraction of sp³-hybridized carbons (Fsp3) is 0.133. The van der Waals surface area contributed by atoms with Gasteiger partial charge in [-0.25, -0.2) is 22.2 Å². The maximum absolute atomic E-state index is 14.5. The first kappa shape index (κ1) is 17.3. The number of hydrogen-bond acceptors (Lipinski definition) is 7. The molecule has 10 heteroatoms. The molecule has 1 aliphatic rings. The Labute approximate surface area is 142 Å². The lowest BCUT2D eigenvalue weighted by Crippen LogP contribution is -2.50. The number of nitrogens with one attached hydrogen (secondary N) is 2. The van der Waals surface area contributed by atoms with Gasteiger partial charge in [0.1, 0.15) is 11.6 Å². The van der Waals surface area contributed by atoms with Crippen molar-refractivity contribution in [3.63, 3.8) is 0 Å². The van der Waals surface area contributed by atoms with E-state index in [0.717, 1.165) is 18.4 Å². The number of halogens is 2. The van der Waals surface area contributed by atoms with Crippen LogP contribution in [-0.2, 0) is 15.6 Å². The Balaban J connectivity index is 2.04. The number of hydrazine groups is 1. The van der Waals surface area contributed by atoms with Crippen molar-refractivity contribution in [3.8, 4) is 11.1 Å². The van der Waals surface area contributed by atoms with Gasteiger partial charge in [0.25, 0.3) is 0 Å². The zero-order chi connectivity index (χ0) is 18.4. The molecule has 132 valence electrons. The first-order valence-electron chi connectivity index (χ1n) is 7.07. The Bertz CT molecular complexity index is 953. The van der Waals surface area contributed by atoms with E-state index in [1.165, 1.54) is 24.3 Å². The Hall–Kier alpha value is -2.56. The molecule has 6 N–H and O–H groups in total. The number of aliphatic imine (C=N–C) groups is 1. The van der Waals surface area contributed by atoms with E-state index in [4.69, 9.17) is 11.5 Å². The molecule has 2 aromatic rings. The molecule has 0 amide bonds. The molecule has 1 unspecified atom stereocenters. The molecule has 0 spiro atoms. The lowest BCUT2D eigenvalue weighted by molar-refractivity contribution is 0.371. The average Bonchev–Trinajstić information content (AvgIpc) is 2.87. The molecule has 0 aromatic heterocycles. The van der Waals surface area contributed by atoms with E-state index in [1.807, 2.05) is 0 Å². The lowest BCUT2D eigenvalue weighted by Gasteiger charge is -2.21. The van der Waals surface area contributed by atoms with Gasteiger partial charge in [-0.3, -0.25) is 11.2 Å². The van der Waals surface area contributed by atoms with Crippen molar-refractivity contribution in [1.82, 2.24) is 10.9 Å². The van der Waals surface area contributed by atoms with Gasteiger partial charge in [0.15, 0.2) is 9.84 Å². The summed E-state index contributed by atoms with van der Waals surface area (Å²) >= 11 is 0. The van der Waals surface area contributed by atoms with Crippen LogP contribution in [0.1, 0.15) is 5.56 Å². The quantitative estimate of drug-likeness (QED) is 0.628. The van der Waals surface area contributed by atoms with Crippen molar-refractivity contribution < 1.29 is 17.2 Å². The molecular formula is C15H15F2N5O2S. The van der Waals surface area contributed by atoms with Crippen molar-refractivity contribution in [2.75, 3.05) is 6.26 Å². The molecule has 1 atom stereocenters. The van der Waals surface area contributed by atoms with Gasteiger partial charge in [0.2, 0.25) is 11.7 Å². The van der Waals surface area contributed by atoms with Crippen LogP contribution in [0.2, 0.25) is 0 Å². The van der Waals surface area contributed by atoms with Crippen LogP contribution in [0.3, 0.4) is 0 Å². The second-order valence-corrected chi connectivity index (χ2v) is 7.64. The molecule has 0 saturated carbocycles. The summed E-state index contributed by atoms with van der Waals surface area (Å²) in [7, 11) is -3.40. The summed E-state index contributed by atoms with van der Waals surface area (Å²) in [5.41, 5.74) is 16.3. The number of hydrogen-bond donors (Lipinski definition) is 4. The number of nitrogens with zero attached hydrogens (tertiary/aromatic N) is 1. The minimum Gasteiger partial charge on any atom is -0.369 e. The van der Waals surface area contributed by atoms with Crippen LogP contribution in [0.4, 0.5) is 8.78 Å². The zero-order valence-corrected chi connectivity index (χ0v) is 13.9. The van der Waals surface area contributed by atoms with Gasteiger partial charge in [-0.1, -0.05) is 12.1 Å². The maximum Gasteiger partial charge on any atom is 0.209 e. The molecule has 1 aliphatic heterocycles. The predicted molar refractivity (Wildman–Crippen MR) is 88.7 cm³/mol. The van der Waals surface area contributed by atoms with Gasteiger partial charge in [0.05, 0.1) is 10.5 Å². The normalized spacial score (nSPS) is 20.2. The largest absolute Gasteiger partial charge is 0.369 e. The molecule has 0 bridgehead atoms. The van der Waals surface area contributed by atoms with Crippen LogP contribution >= 0.6 is 0 Å². The van der Waals surface area contributed by atoms with E-state index >= 15 is 0 Å². The topological polar surface area (TPSA) is 123 Å². The highest BCUT2D eigenvalue weighted by atomic mass is 32.2. The summed E-state index contributed by atoms with van der Waals surface area (Å²) in [4.78, 5) is 3.92. The van der Waals surface area contributed by atoms with Crippen molar-refractivity contribution >= 4 is 15.8 Å². The molecule has 0 radical (unpaired) electrons. The van der Waals surface area contributed by atoms with Crippen molar-refractivity contribution in [2.45, 2.75) is 10.7 Å².